The van der Waals surface area contributed by atoms with E-state index in [9.17, 15) is 9.50 Å². The molecule has 1 N–H and O–H groups in total. The Balaban J connectivity index is 2.18. The third kappa shape index (κ3) is 3.25. The smallest absolute Gasteiger partial charge is 0.137 e. The van der Waals surface area contributed by atoms with Crippen LogP contribution in [0.15, 0.2) is 28.7 Å². The van der Waals surface area contributed by atoms with Crippen LogP contribution in [-0.2, 0) is 6.42 Å². The van der Waals surface area contributed by atoms with Crippen LogP contribution >= 0.6 is 50.5 Å². The Kier molecular flexibility index (Phi) is 4.67. The molecular formula is C12H8BrCl2FOS. The summed E-state index contributed by atoms with van der Waals surface area (Å²) in [6, 6.07) is 6.28. The van der Waals surface area contributed by atoms with Crippen molar-refractivity contribution in [3.05, 3.63) is 54.4 Å². The van der Waals surface area contributed by atoms with Crippen LogP contribution in [0.4, 0.5) is 4.39 Å². The molecule has 96 valence electrons. The fraction of sp³-hybridized carbons (Fsp3) is 0.167. The minimum absolute atomic E-state index is 0.329. The van der Waals surface area contributed by atoms with E-state index in [4.69, 9.17) is 23.2 Å². The molecule has 0 aliphatic heterocycles. The SMILES string of the molecule is OC(Cc1ccc(F)c(Br)c1)c1cc(Cl)sc1Cl. The van der Waals surface area contributed by atoms with Gasteiger partial charge in [0.15, 0.2) is 0 Å². The maximum atomic E-state index is 13.1. The highest BCUT2D eigenvalue weighted by Gasteiger charge is 2.16. The minimum Gasteiger partial charge on any atom is -0.388 e. The Morgan fingerprint density at radius 2 is 2.06 bits per heavy atom. The van der Waals surface area contributed by atoms with E-state index in [-0.39, 0.29) is 5.82 Å². The normalized spacial score (nSPS) is 12.7. The van der Waals surface area contributed by atoms with Crippen LogP contribution in [0.25, 0.3) is 0 Å². The molecule has 0 aliphatic rings. The van der Waals surface area contributed by atoms with Crippen LogP contribution in [0.5, 0.6) is 0 Å². The average Bonchev–Trinajstić information content (AvgIpc) is 2.63. The summed E-state index contributed by atoms with van der Waals surface area (Å²) in [5.41, 5.74) is 1.42. The summed E-state index contributed by atoms with van der Waals surface area (Å²) in [4.78, 5) is 0. The fourth-order valence-electron chi connectivity index (χ4n) is 1.58. The Morgan fingerprint density at radius 1 is 1.33 bits per heavy atom. The molecular weight excluding hydrogens is 362 g/mol. The molecule has 0 fully saturated rings. The van der Waals surface area contributed by atoms with Gasteiger partial charge in [-0.15, -0.1) is 11.3 Å². The van der Waals surface area contributed by atoms with Gasteiger partial charge in [-0.3, -0.25) is 0 Å². The number of aliphatic hydroxyl groups excluding tert-OH is 1. The van der Waals surface area contributed by atoms with Crippen LogP contribution in [0.1, 0.15) is 17.2 Å². The quantitative estimate of drug-likeness (QED) is 0.784. The molecule has 2 rings (SSSR count). The largest absolute Gasteiger partial charge is 0.388 e. The van der Waals surface area contributed by atoms with Gasteiger partial charge >= 0.3 is 0 Å². The first-order valence-electron chi connectivity index (χ1n) is 5.04. The van der Waals surface area contributed by atoms with Crippen molar-refractivity contribution in [2.45, 2.75) is 12.5 Å². The summed E-state index contributed by atoms with van der Waals surface area (Å²) < 4.78 is 14.5. The van der Waals surface area contributed by atoms with E-state index in [1.807, 2.05) is 0 Å². The van der Waals surface area contributed by atoms with Gasteiger partial charge in [0, 0.05) is 12.0 Å². The van der Waals surface area contributed by atoms with E-state index in [1.165, 1.54) is 17.4 Å². The second-order valence-corrected chi connectivity index (χ2v) is 6.89. The third-order valence-electron chi connectivity index (χ3n) is 2.46. The van der Waals surface area contributed by atoms with Crippen molar-refractivity contribution in [1.82, 2.24) is 0 Å². The first-order valence-corrected chi connectivity index (χ1v) is 7.40. The molecule has 0 spiro atoms. The first kappa shape index (κ1) is 14.3. The molecule has 0 saturated heterocycles. The lowest BCUT2D eigenvalue weighted by Crippen LogP contribution is -2.01. The fourth-order valence-corrected chi connectivity index (χ4v) is 3.57. The van der Waals surface area contributed by atoms with E-state index < -0.39 is 6.10 Å². The summed E-state index contributed by atoms with van der Waals surface area (Å²) >= 11 is 16.1. The third-order valence-corrected chi connectivity index (χ3v) is 4.58. The van der Waals surface area contributed by atoms with Gasteiger partial charge in [0.1, 0.15) is 10.2 Å². The second kappa shape index (κ2) is 5.88. The summed E-state index contributed by atoms with van der Waals surface area (Å²) in [5.74, 6) is -0.329. The molecule has 0 radical (unpaired) electrons. The maximum Gasteiger partial charge on any atom is 0.137 e. The number of aliphatic hydroxyl groups is 1. The Bertz CT molecular complexity index is 573. The molecule has 2 aromatic rings. The first-order chi connectivity index (χ1) is 8.47. The van der Waals surface area contributed by atoms with Crippen molar-refractivity contribution in [3.63, 3.8) is 0 Å². The molecule has 1 unspecified atom stereocenters. The molecule has 18 heavy (non-hydrogen) atoms. The predicted octanol–water partition coefficient (Wildman–Crippen LogP) is 5.23. The van der Waals surface area contributed by atoms with E-state index in [0.29, 0.717) is 25.1 Å². The highest BCUT2D eigenvalue weighted by Crippen LogP contribution is 2.36. The molecule has 1 aromatic carbocycles. The lowest BCUT2D eigenvalue weighted by molar-refractivity contribution is 0.179. The van der Waals surface area contributed by atoms with Crippen LogP contribution in [-0.4, -0.2) is 5.11 Å². The van der Waals surface area contributed by atoms with Gasteiger partial charge in [0.05, 0.1) is 14.9 Å². The lowest BCUT2D eigenvalue weighted by atomic mass is 10.0. The highest BCUT2D eigenvalue weighted by atomic mass is 79.9. The zero-order valence-electron chi connectivity index (χ0n) is 8.96. The van der Waals surface area contributed by atoms with Crippen molar-refractivity contribution >= 4 is 50.5 Å². The van der Waals surface area contributed by atoms with Crippen LogP contribution < -0.4 is 0 Å². The molecule has 6 heteroatoms. The number of thiophene rings is 1. The van der Waals surface area contributed by atoms with Crippen molar-refractivity contribution in [3.8, 4) is 0 Å². The molecule has 1 aromatic heterocycles. The van der Waals surface area contributed by atoms with Crippen molar-refractivity contribution in [2.24, 2.45) is 0 Å². The second-order valence-electron chi connectivity index (χ2n) is 3.75. The van der Waals surface area contributed by atoms with E-state index in [1.54, 1.807) is 18.2 Å². The molecule has 0 aliphatic carbocycles. The summed E-state index contributed by atoms with van der Waals surface area (Å²) in [6.45, 7) is 0. The van der Waals surface area contributed by atoms with Crippen molar-refractivity contribution in [1.29, 1.82) is 0 Å². The van der Waals surface area contributed by atoms with Gasteiger partial charge in [0.2, 0.25) is 0 Å². The number of benzene rings is 1. The van der Waals surface area contributed by atoms with Gasteiger partial charge in [-0.05, 0) is 39.7 Å². The topological polar surface area (TPSA) is 20.2 Å². The van der Waals surface area contributed by atoms with Gasteiger partial charge < -0.3 is 5.11 Å². The molecule has 0 bridgehead atoms. The van der Waals surface area contributed by atoms with Gasteiger partial charge in [-0.25, -0.2) is 4.39 Å². The predicted molar refractivity (Wildman–Crippen MR) is 77.1 cm³/mol. The van der Waals surface area contributed by atoms with Crippen LogP contribution in [0.2, 0.25) is 8.67 Å². The van der Waals surface area contributed by atoms with Gasteiger partial charge in [-0.1, -0.05) is 29.3 Å². The molecule has 0 amide bonds. The number of rotatable bonds is 3. The number of halogens is 4. The maximum absolute atomic E-state index is 13.1. The zero-order chi connectivity index (χ0) is 13.3. The van der Waals surface area contributed by atoms with E-state index in [2.05, 4.69) is 15.9 Å². The Hall–Kier alpha value is -0.130. The minimum atomic E-state index is -0.751. The monoisotopic (exact) mass is 368 g/mol. The highest BCUT2D eigenvalue weighted by molar-refractivity contribution is 9.10. The summed E-state index contributed by atoms with van der Waals surface area (Å²) in [7, 11) is 0. The Morgan fingerprint density at radius 3 is 2.61 bits per heavy atom. The zero-order valence-corrected chi connectivity index (χ0v) is 12.9. The number of hydrogen-bond acceptors (Lipinski definition) is 2. The molecule has 1 heterocycles. The standard InChI is InChI=1S/C12H8BrCl2FOS/c13-8-3-6(1-2-9(8)16)4-10(17)7-5-11(14)18-12(7)15/h1-3,5,10,17H,4H2. The Labute approximate surface area is 126 Å². The van der Waals surface area contributed by atoms with Crippen molar-refractivity contribution < 1.29 is 9.50 Å². The average molecular weight is 370 g/mol. The lowest BCUT2D eigenvalue weighted by Gasteiger charge is -2.10. The van der Waals surface area contributed by atoms with Gasteiger partial charge in [-0.2, -0.15) is 0 Å². The van der Waals surface area contributed by atoms with Crippen LogP contribution in [0, 0.1) is 5.82 Å². The summed E-state index contributed by atoms with van der Waals surface area (Å²) in [5, 5.41) is 10.1. The van der Waals surface area contributed by atoms with Crippen molar-refractivity contribution in [2.75, 3.05) is 0 Å². The van der Waals surface area contributed by atoms with E-state index >= 15 is 0 Å². The molecule has 1 atom stereocenters. The molecule has 1 nitrogen and oxygen atoms in total. The van der Waals surface area contributed by atoms with Gasteiger partial charge in [0.25, 0.3) is 0 Å². The van der Waals surface area contributed by atoms with Crippen LogP contribution in [0.3, 0.4) is 0 Å². The van der Waals surface area contributed by atoms with E-state index in [0.717, 1.165) is 5.56 Å². The number of hydrogen-bond donors (Lipinski definition) is 1. The summed E-state index contributed by atoms with van der Waals surface area (Å²) in [6.07, 6.45) is -0.398. The molecule has 0 saturated carbocycles.